The zero-order valence-corrected chi connectivity index (χ0v) is 13.9. The Balaban J connectivity index is 0.000000247. The first-order chi connectivity index (χ1) is 11.2. The van der Waals surface area contributed by atoms with Crippen molar-refractivity contribution in [2.75, 3.05) is 12.8 Å². The van der Waals surface area contributed by atoms with E-state index in [2.05, 4.69) is 15.1 Å². The van der Waals surface area contributed by atoms with E-state index in [0.717, 1.165) is 11.4 Å². The van der Waals surface area contributed by atoms with Gasteiger partial charge in [-0.25, -0.2) is 4.98 Å². The Labute approximate surface area is 136 Å². The number of nitrogens with zero attached hydrogens (tertiary/aromatic N) is 3. The molecule has 0 amide bonds. The van der Waals surface area contributed by atoms with Gasteiger partial charge in [-0.15, -0.1) is 0 Å². The molecule has 3 rings (SSSR count). The fourth-order valence-electron chi connectivity index (χ4n) is 1.51. The summed E-state index contributed by atoms with van der Waals surface area (Å²) in [7, 11) is 1.52. The number of benzene rings is 1. The number of nitrogen functional groups attached to an aromatic ring is 1. The summed E-state index contributed by atoms with van der Waals surface area (Å²) in [5.41, 5.74) is 7.66. The van der Waals surface area contributed by atoms with Crippen LogP contribution < -0.4 is 10.5 Å². The highest BCUT2D eigenvalue weighted by molar-refractivity contribution is 5.51. The van der Waals surface area contributed by atoms with Crippen LogP contribution >= 0.6 is 0 Å². The number of anilines is 1. The summed E-state index contributed by atoms with van der Waals surface area (Å²) in [5, 5.41) is 3.77. The lowest BCUT2D eigenvalue weighted by atomic mass is 10.3. The van der Waals surface area contributed by atoms with Crippen molar-refractivity contribution in [3.05, 3.63) is 54.4 Å². The highest BCUT2D eigenvalue weighted by atomic mass is 16.5. The number of aromatic nitrogens is 3. The van der Waals surface area contributed by atoms with Crippen LogP contribution in [0, 0.1) is 6.92 Å². The molecular formula is C17H22N4O2. The normalized spacial score (nSPS) is 9.04. The minimum Gasteiger partial charge on any atom is -0.467 e. The van der Waals surface area contributed by atoms with Gasteiger partial charge < -0.3 is 15.0 Å². The van der Waals surface area contributed by atoms with Gasteiger partial charge in [0.05, 0.1) is 12.8 Å². The summed E-state index contributed by atoms with van der Waals surface area (Å²) in [6, 6.07) is 13.3. The van der Waals surface area contributed by atoms with Crippen molar-refractivity contribution in [1.82, 2.24) is 15.1 Å². The molecule has 0 aliphatic rings. The van der Waals surface area contributed by atoms with Crippen molar-refractivity contribution in [2.45, 2.75) is 20.8 Å². The fraction of sp³-hybridized carbons (Fsp3) is 0.235. The monoisotopic (exact) mass is 314 g/mol. The third kappa shape index (κ3) is 6.17. The minimum atomic E-state index is 0.316. The van der Waals surface area contributed by atoms with Crippen LogP contribution in [0.2, 0.25) is 0 Å². The molecule has 0 fully saturated rings. The van der Waals surface area contributed by atoms with Crippen molar-refractivity contribution in [3.8, 4) is 17.5 Å². The molecule has 122 valence electrons. The highest BCUT2D eigenvalue weighted by Gasteiger charge is 2.06. The number of rotatable bonds is 2. The zero-order valence-electron chi connectivity index (χ0n) is 13.9. The maximum Gasteiger partial charge on any atom is 0.316 e. The Morgan fingerprint density at radius 3 is 2.26 bits per heavy atom. The number of hydrogen-bond donors (Lipinski definition) is 1. The topological polar surface area (TPSA) is 87.1 Å². The van der Waals surface area contributed by atoms with Crippen LogP contribution in [0.3, 0.4) is 0 Å². The molecule has 1 aromatic carbocycles. The van der Waals surface area contributed by atoms with Crippen LogP contribution in [0.4, 0.5) is 5.69 Å². The van der Waals surface area contributed by atoms with Gasteiger partial charge in [-0.05, 0) is 25.1 Å². The Bertz CT molecular complexity index is 684. The summed E-state index contributed by atoms with van der Waals surface area (Å²) in [4.78, 5) is 8.00. The third-order valence-electron chi connectivity index (χ3n) is 2.50. The second kappa shape index (κ2) is 9.94. The molecule has 6 nitrogen and oxygen atoms in total. The van der Waals surface area contributed by atoms with E-state index in [1.807, 2.05) is 57.2 Å². The molecule has 0 saturated carbocycles. The van der Waals surface area contributed by atoms with Gasteiger partial charge in [0, 0.05) is 18.0 Å². The molecule has 3 aromatic rings. The summed E-state index contributed by atoms with van der Waals surface area (Å²) in [6.45, 7) is 5.85. The SMILES string of the molecule is CC.COc1nccc(-c2cc(C)no2)n1.Nc1ccccc1. The number of nitrogens with two attached hydrogens (primary N) is 1. The number of aryl methyl sites for hydroxylation is 1. The molecule has 0 atom stereocenters. The van der Waals surface area contributed by atoms with Crippen LogP contribution in [-0.2, 0) is 0 Å². The predicted molar refractivity (Wildman–Crippen MR) is 91.0 cm³/mol. The summed E-state index contributed by atoms with van der Waals surface area (Å²) in [6.07, 6.45) is 1.61. The van der Waals surface area contributed by atoms with E-state index in [1.54, 1.807) is 12.3 Å². The zero-order chi connectivity index (χ0) is 17.1. The molecule has 2 heterocycles. The fourth-order valence-corrected chi connectivity index (χ4v) is 1.51. The van der Waals surface area contributed by atoms with Gasteiger partial charge in [0.2, 0.25) is 0 Å². The van der Waals surface area contributed by atoms with Crippen molar-refractivity contribution in [2.24, 2.45) is 0 Å². The first-order valence-electron chi connectivity index (χ1n) is 7.30. The molecule has 0 aliphatic carbocycles. The lowest BCUT2D eigenvalue weighted by Crippen LogP contribution is -1.92. The van der Waals surface area contributed by atoms with E-state index in [9.17, 15) is 0 Å². The van der Waals surface area contributed by atoms with Gasteiger partial charge in [-0.1, -0.05) is 37.2 Å². The largest absolute Gasteiger partial charge is 0.467 e. The molecule has 0 radical (unpaired) electrons. The van der Waals surface area contributed by atoms with Crippen LogP contribution in [0.1, 0.15) is 19.5 Å². The smallest absolute Gasteiger partial charge is 0.316 e. The quantitative estimate of drug-likeness (QED) is 0.725. The lowest BCUT2D eigenvalue weighted by Gasteiger charge is -1.97. The van der Waals surface area contributed by atoms with Crippen LogP contribution in [0.5, 0.6) is 6.01 Å². The highest BCUT2D eigenvalue weighted by Crippen LogP contribution is 2.18. The van der Waals surface area contributed by atoms with E-state index in [0.29, 0.717) is 17.5 Å². The van der Waals surface area contributed by atoms with Gasteiger partial charge in [0.15, 0.2) is 5.76 Å². The first-order valence-corrected chi connectivity index (χ1v) is 7.30. The summed E-state index contributed by atoms with van der Waals surface area (Å²) < 4.78 is 9.95. The Hall–Kier alpha value is -2.89. The molecular weight excluding hydrogens is 292 g/mol. The average molecular weight is 314 g/mol. The standard InChI is InChI=1S/C9H9N3O2.C6H7N.C2H6/c1-6-5-8(14-12-6)7-3-4-10-9(11-7)13-2;7-6-4-2-1-3-5-6;1-2/h3-5H,1-2H3;1-5H,7H2;1-2H3. The van der Waals surface area contributed by atoms with E-state index >= 15 is 0 Å². The van der Waals surface area contributed by atoms with E-state index in [1.165, 1.54) is 7.11 Å². The average Bonchev–Trinajstić information content (AvgIpc) is 3.04. The Morgan fingerprint density at radius 1 is 1.09 bits per heavy atom. The second-order valence-corrected chi connectivity index (χ2v) is 4.17. The number of ether oxygens (including phenoxy) is 1. The third-order valence-corrected chi connectivity index (χ3v) is 2.50. The Morgan fingerprint density at radius 2 is 1.78 bits per heavy atom. The van der Waals surface area contributed by atoms with Gasteiger partial charge in [0.25, 0.3) is 0 Å². The van der Waals surface area contributed by atoms with Gasteiger partial charge in [0.1, 0.15) is 5.69 Å². The molecule has 0 unspecified atom stereocenters. The van der Waals surface area contributed by atoms with Crippen LogP contribution in [0.25, 0.3) is 11.5 Å². The van der Waals surface area contributed by atoms with Crippen molar-refractivity contribution < 1.29 is 9.26 Å². The second-order valence-electron chi connectivity index (χ2n) is 4.17. The minimum absolute atomic E-state index is 0.316. The van der Waals surface area contributed by atoms with Crippen molar-refractivity contribution in [3.63, 3.8) is 0 Å². The van der Waals surface area contributed by atoms with Crippen LogP contribution in [0.15, 0.2) is 53.2 Å². The number of methoxy groups -OCH3 is 1. The molecule has 6 heteroatoms. The molecule has 0 bridgehead atoms. The number of hydrogen-bond acceptors (Lipinski definition) is 6. The first kappa shape index (κ1) is 18.2. The molecule has 0 spiro atoms. The maximum atomic E-state index is 5.36. The predicted octanol–water partition coefficient (Wildman–Crippen LogP) is 3.74. The van der Waals surface area contributed by atoms with E-state index in [-0.39, 0.29) is 0 Å². The maximum absolute atomic E-state index is 5.36. The van der Waals surface area contributed by atoms with Gasteiger partial charge in [-0.2, -0.15) is 4.98 Å². The van der Waals surface area contributed by atoms with Gasteiger partial charge in [-0.3, -0.25) is 0 Å². The molecule has 23 heavy (non-hydrogen) atoms. The number of para-hydroxylation sites is 1. The molecule has 0 saturated heterocycles. The Kier molecular flexibility index (Phi) is 7.85. The van der Waals surface area contributed by atoms with E-state index < -0.39 is 0 Å². The lowest BCUT2D eigenvalue weighted by molar-refractivity contribution is 0.378. The van der Waals surface area contributed by atoms with Crippen molar-refractivity contribution >= 4 is 5.69 Å². The molecule has 2 N–H and O–H groups in total. The molecule has 0 aliphatic heterocycles. The summed E-state index contributed by atoms with van der Waals surface area (Å²) in [5.74, 6) is 0.614. The van der Waals surface area contributed by atoms with Crippen molar-refractivity contribution in [1.29, 1.82) is 0 Å². The summed E-state index contributed by atoms with van der Waals surface area (Å²) >= 11 is 0. The van der Waals surface area contributed by atoms with Gasteiger partial charge >= 0.3 is 6.01 Å². The van der Waals surface area contributed by atoms with Crippen LogP contribution in [-0.4, -0.2) is 22.2 Å². The van der Waals surface area contributed by atoms with E-state index in [4.69, 9.17) is 15.0 Å². The molecule has 2 aromatic heterocycles.